The van der Waals surface area contributed by atoms with Crippen LogP contribution in [0.2, 0.25) is 0 Å². The highest BCUT2D eigenvalue weighted by Crippen LogP contribution is 2.18. The van der Waals surface area contributed by atoms with Gasteiger partial charge in [0.05, 0.1) is 0 Å². The lowest BCUT2D eigenvalue weighted by Crippen LogP contribution is -2.08. The van der Waals surface area contributed by atoms with Gasteiger partial charge < -0.3 is 15.5 Å². The van der Waals surface area contributed by atoms with Crippen molar-refractivity contribution in [3.8, 4) is 0 Å². The van der Waals surface area contributed by atoms with Gasteiger partial charge in [0.15, 0.2) is 0 Å². The number of nitrogens with one attached hydrogen (secondary N) is 2. The third-order valence-corrected chi connectivity index (χ3v) is 3.52. The second-order valence-electron chi connectivity index (χ2n) is 5.54. The molecule has 0 spiro atoms. The summed E-state index contributed by atoms with van der Waals surface area (Å²) in [5.74, 6) is 1.33. The van der Waals surface area contributed by atoms with Crippen LogP contribution in [0.25, 0.3) is 0 Å². The molecule has 0 saturated carbocycles. The van der Waals surface area contributed by atoms with Gasteiger partial charge >= 0.3 is 0 Å². The van der Waals surface area contributed by atoms with Crippen molar-refractivity contribution in [1.82, 2.24) is 15.0 Å². The number of aromatic nitrogens is 3. The van der Waals surface area contributed by atoms with Crippen molar-refractivity contribution >= 4 is 23.1 Å². The molecule has 0 radical (unpaired) electrons. The third-order valence-electron chi connectivity index (χ3n) is 3.52. The largest absolute Gasteiger partial charge is 0.378 e. The summed E-state index contributed by atoms with van der Waals surface area (Å²) in [6.45, 7) is 0.691. The zero-order valence-corrected chi connectivity index (χ0v) is 13.8. The number of anilines is 4. The first-order chi connectivity index (χ1) is 11.7. The highest BCUT2D eigenvalue weighted by molar-refractivity contribution is 5.59. The van der Waals surface area contributed by atoms with Crippen LogP contribution in [0.1, 0.15) is 5.56 Å². The summed E-state index contributed by atoms with van der Waals surface area (Å²) in [6, 6.07) is 13.9. The molecule has 2 heterocycles. The number of rotatable bonds is 6. The molecule has 0 aliphatic rings. The molecule has 2 aromatic heterocycles. The molecule has 0 aliphatic heterocycles. The standard InChI is InChI=1S/C18H20N6/c1-24(2)16-5-3-15(4-6-16)22-18-20-12-9-17(23-18)21-13-14-7-10-19-11-8-14/h3-12H,13H2,1-2H3,(H2,20,21,22,23). The minimum atomic E-state index is 0.562. The average Bonchev–Trinajstić information content (AvgIpc) is 2.62. The van der Waals surface area contributed by atoms with E-state index >= 15 is 0 Å². The van der Waals surface area contributed by atoms with Crippen LogP contribution >= 0.6 is 0 Å². The number of nitrogens with zero attached hydrogens (tertiary/aromatic N) is 4. The molecule has 0 atom stereocenters. The van der Waals surface area contributed by atoms with Crippen LogP contribution in [-0.2, 0) is 6.54 Å². The van der Waals surface area contributed by atoms with Crippen molar-refractivity contribution < 1.29 is 0 Å². The second kappa shape index (κ2) is 7.41. The molecular weight excluding hydrogens is 300 g/mol. The smallest absolute Gasteiger partial charge is 0.229 e. The Balaban J connectivity index is 1.64. The van der Waals surface area contributed by atoms with Crippen molar-refractivity contribution in [3.05, 3.63) is 66.6 Å². The van der Waals surface area contributed by atoms with E-state index in [1.54, 1.807) is 18.6 Å². The summed E-state index contributed by atoms with van der Waals surface area (Å²) in [4.78, 5) is 14.8. The minimum Gasteiger partial charge on any atom is -0.378 e. The first-order valence-electron chi connectivity index (χ1n) is 7.71. The van der Waals surface area contributed by atoms with Gasteiger partial charge in [0.2, 0.25) is 5.95 Å². The van der Waals surface area contributed by atoms with Crippen LogP contribution in [-0.4, -0.2) is 29.0 Å². The van der Waals surface area contributed by atoms with E-state index in [2.05, 4.69) is 30.5 Å². The summed E-state index contributed by atoms with van der Waals surface area (Å²) in [5, 5.41) is 6.50. The van der Waals surface area contributed by atoms with Crippen LogP contribution in [0.5, 0.6) is 0 Å². The van der Waals surface area contributed by atoms with Gasteiger partial charge in [-0.05, 0) is 48.0 Å². The van der Waals surface area contributed by atoms with Crippen molar-refractivity contribution in [1.29, 1.82) is 0 Å². The fourth-order valence-corrected chi connectivity index (χ4v) is 2.18. The lowest BCUT2D eigenvalue weighted by Gasteiger charge is -2.13. The summed E-state index contributed by atoms with van der Waals surface area (Å²) in [7, 11) is 4.03. The Morgan fingerprint density at radius 3 is 2.38 bits per heavy atom. The Bertz CT molecular complexity index is 771. The molecule has 0 saturated heterocycles. The molecule has 2 N–H and O–H groups in total. The second-order valence-corrected chi connectivity index (χ2v) is 5.54. The average molecular weight is 320 g/mol. The van der Waals surface area contributed by atoms with E-state index in [1.165, 1.54) is 0 Å². The maximum atomic E-state index is 4.48. The van der Waals surface area contributed by atoms with Gasteiger partial charge in [-0.15, -0.1) is 0 Å². The number of benzene rings is 1. The quantitative estimate of drug-likeness (QED) is 0.726. The fraction of sp³-hybridized carbons (Fsp3) is 0.167. The Morgan fingerprint density at radius 1 is 0.917 bits per heavy atom. The van der Waals surface area contributed by atoms with E-state index in [9.17, 15) is 0 Å². The Kier molecular flexibility index (Phi) is 4.86. The van der Waals surface area contributed by atoms with E-state index in [4.69, 9.17) is 0 Å². The van der Waals surface area contributed by atoms with E-state index in [0.717, 1.165) is 22.8 Å². The summed E-state index contributed by atoms with van der Waals surface area (Å²) >= 11 is 0. The fourth-order valence-electron chi connectivity index (χ4n) is 2.18. The zero-order valence-electron chi connectivity index (χ0n) is 13.8. The molecule has 6 heteroatoms. The van der Waals surface area contributed by atoms with Gasteiger partial charge in [0, 0.05) is 50.6 Å². The summed E-state index contributed by atoms with van der Waals surface area (Å²) in [5.41, 5.74) is 3.25. The minimum absolute atomic E-state index is 0.562. The first-order valence-corrected chi connectivity index (χ1v) is 7.71. The molecule has 0 amide bonds. The number of pyridine rings is 1. The van der Waals surface area contributed by atoms with E-state index in [-0.39, 0.29) is 0 Å². The van der Waals surface area contributed by atoms with Crippen molar-refractivity contribution in [2.75, 3.05) is 29.6 Å². The molecule has 24 heavy (non-hydrogen) atoms. The van der Waals surface area contributed by atoms with Gasteiger partial charge in [0.25, 0.3) is 0 Å². The molecular formula is C18H20N6. The molecule has 122 valence electrons. The van der Waals surface area contributed by atoms with Crippen LogP contribution < -0.4 is 15.5 Å². The third kappa shape index (κ3) is 4.19. The highest BCUT2D eigenvalue weighted by Gasteiger charge is 2.01. The molecule has 3 rings (SSSR count). The van der Waals surface area contributed by atoms with Gasteiger partial charge in [-0.2, -0.15) is 4.98 Å². The van der Waals surface area contributed by atoms with Crippen LogP contribution in [0.4, 0.5) is 23.1 Å². The molecule has 6 nitrogen and oxygen atoms in total. The predicted molar refractivity (Wildman–Crippen MR) is 97.6 cm³/mol. The molecule has 1 aromatic carbocycles. The highest BCUT2D eigenvalue weighted by atomic mass is 15.1. The van der Waals surface area contributed by atoms with Crippen LogP contribution in [0.15, 0.2) is 61.1 Å². The number of hydrogen-bond donors (Lipinski definition) is 2. The Labute approximate surface area is 141 Å². The van der Waals surface area contributed by atoms with Gasteiger partial charge in [-0.25, -0.2) is 4.98 Å². The normalized spacial score (nSPS) is 10.2. The lowest BCUT2D eigenvalue weighted by molar-refractivity contribution is 1.07. The maximum absolute atomic E-state index is 4.48. The van der Waals surface area contributed by atoms with Gasteiger partial charge in [-0.1, -0.05) is 0 Å². The molecule has 0 unspecified atom stereocenters. The Morgan fingerprint density at radius 2 is 1.67 bits per heavy atom. The lowest BCUT2D eigenvalue weighted by atomic mass is 10.2. The van der Waals surface area contributed by atoms with Crippen molar-refractivity contribution in [2.45, 2.75) is 6.54 Å². The maximum Gasteiger partial charge on any atom is 0.229 e. The van der Waals surface area contributed by atoms with E-state index < -0.39 is 0 Å². The van der Waals surface area contributed by atoms with Crippen molar-refractivity contribution in [2.24, 2.45) is 0 Å². The van der Waals surface area contributed by atoms with E-state index in [0.29, 0.717) is 12.5 Å². The molecule has 0 bridgehead atoms. The van der Waals surface area contributed by atoms with Crippen molar-refractivity contribution in [3.63, 3.8) is 0 Å². The summed E-state index contributed by atoms with van der Waals surface area (Å²) in [6.07, 6.45) is 5.29. The monoisotopic (exact) mass is 320 g/mol. The SMILES string of the molecule is CN(C)c1ccc(Nc2nccc(NCc3ccncc3)n2)cc1. The number of hydrogen-bond acceptors (Lipinski definition) is 6. The van der Waals surface area contributed by atoms with Crippen LogP contribution in [0, 0.1) is 0 Å². The zero-order chi connectivity index (χ0) is 16.8. The van der Waals surface area contributed by atoms with Crippen LogP contribution in [0.3, 0.4) is 0 Å². The molecule has 0 aliphatic carbocycles. The molecule has 3 aromatic rings. The topological polar surface area (TPSA) is 66.0 Å². The first kappa shape index (κ1) is 15.7. The van der Waals surface area contributed by atoms with Gasteiger partial charge in [0.1, 0.15) is 5.82 Å². The Hall–Kier alpha value is -3.15. The molecule has 0 fully saturated rings. The predicted octanol–water partition coefficient (Wildman–Crippen LogP) is 3.29. The van der Waals surface area contributed by atoms with E-state index in [1.807, 2.05) is 56.6 Å². The summed E-state index contributed by atoms with van der Waals surface area (Å²) < 4.78 is 0. The van der Waals surface area contributed by atoms with Gasteiger partial charge in [-0.3, -0.25) is 4.98 Å².